The van der Waals surface area contributed by atoms with Gasteiger partial charge in [0.05, 0.1) is 55.5 Å². The van der Waals surface area contributed by atoms with E-state index in [1.165, 1.54) is 63.2 Å². The van der Waals surface area contributed by atoms with Crippen molar-refractivity contribution in [2.75, 3.05) is 53.5 Å². The molecule has 0 spiro atoms. The van der Waals surface area contributed by atoms with Crippen molar-refractivity contribution >= 4 is 59.1 Å². The molecule has 0 aromatic heterocycles. The van der Waals surface area contributed by atoms with Crippen molar-refractivity contribution in [2.45, 2.75) is 163 Å². The number of carbonyl (C=O) groups excluding carboxylic acids is 9. The second-order valence-corrected chi connectivity index (χ2v) is 29.3. The fraction of sp³-hybridized carbons (Fsp3) is 0.389. The smallest absolute Gasteiger partial charge is 0.306 e. The molecule has 6 atom stereocenters. The second kappa shape index (κ2) is 45.5. The summed E-state index contributed by atoms with van der Waals surface area (Å²) in [6, 6.07) is 66.7. The SMILES string of the molecule is C.C.C.C1CCNCC1.C[C@H](CC(=O)[C@H](Cc1ccccc1)N(C)C(=O)[C@H](CC(=O)OCc1ccccc1)CC(=O)OCC1c2ccccc2-c2ccccc21)C(=O)N1CCCCC1.C[C@H](CC(=O)[C@H](Cc1ccccc1)N(C)C(=O)[C@H](CC(=O)OCc1ccccc1)CC(=O)OCC1c2ccccc2-c2ccccc21)C(=O)O. The van der Waals surface area contributed by atoms with Crippen LogP contribution in [0, 0.1) is 23.7 Å². The number of rotatable bonds is 32. The summed E-state index contributed by atoms with van der Waals surface area (Å²) in [4.78, 5) is 139. The van der Waals surface area contributed by atoms with Crippen molar-refractivity contribution in [1.29, 1.82) is 0 Å². The molecule has 2 heterocycles. The van der Waals surface area contributed by atoms with Gasteiger partial charge in [-0.05, 0) is 125 Å². The largest absolute Gasteiger partial charge is 0.481 e. The van der Waals surface area contributed by atoms with Crippen molar-refractivity contribution in [3.05, 3.63) is 263 Å². The molecular formula is C95H114N4O15. The van der Waals surface area contributed by atoms with Gasteiger partial charge in [0.1, 0.15) is 26.4 Å². The van der Waals surface area contributed by atoms with E-state index < -0.39 is 96.0 Å². The number of amides is 3. The molecule has 2 saturated heterocycles. The Balaban J connectivity index is 0.000000287. The first-order valence-electron chi connectivity index (χ1n) is 38.8. The molecule has 2 aliphatic heterocycles. The van der Waals surface area contributed by atoms with Gasteiger partial charge in [-0.3, -0.25) is 47.9 Å². The zero-order chi connectivity index (χ0) is 78.6. The summed E-state index contributed by atoms with van der Waals surface area (Å²) in [5.41, 5.74) is 11.7. The monoisotopic (exact) mass is 1550 g/mol. The average molecular weight is 1550 g/mol. The number of aliphatic carboxylic acids is 1. The molecule has 12 rings (SSSR count). The van der Waals surface area contributed by atoms with Crippen LogP contribution in [0.4, 0.5) is 0 Å². The predicted octanol–water partition coefficient (Wildman–Crippen LogP) is 16.1. The molecule has 2 N–H and O–H groups in total. The first-order chi connectivity index (χ1) is 53.8. The lowest BCUT2D eigenvalue weighted by molar-refractivity contribution is -0.155. The zero-order valence-corrected chi connectivity index (χ0v) is 64.0. The Morgan fingerprint density at radius 1 is 0.386 bits per heavy atom. The third-order valence-corrected chi connectivity index (χ3v) is 21.2. The van der Waals surface area contributed by atoms with Gasteiger partial charge in [0, 0.05) is 57.8 Å². The number of esters is 4. The summed E-state index contributed by atoms with van der Waals surface area (Å²) in [6.07, 6.45) is 5.60. The molecule has 8 aromatic rings. The molecule has 8 aromatic carbocycles. The summed E-state index contributed by atoms with van der Waals surface area (Å²) in [5.74, 6) is -9.90. The number of nitrogens with zero attached hydrogens (tertiary/aromatic N) is 3. The van der Waals surface area contributed by atoms with Crippen LogP contribution in [0.15, 0.2) is 218 Å². The lowest BCUT2D eigenvalue weighted by Crippen LogP contribution is -2.48. The van der Waals surface area contributed by atoms with Crippen LogP contribution in [0.5, 0.6) is 0 Å². The summed E-state index contributed by atoms with van der Waals surface area (Å²) >= 11 is 0. The standard InChI is InChI=1S/C46H50N2O7.C41H41NO8.C5H11N.3CH4/c1-32(45(52)48-24-14-5-15-25-48)26-42(49)41(27-33-16-6-3-7-17-33)47(2)46(53)35(28-43(50)54-30-34-18-8-4-9-19-34)29-44(51)55-31-40-38-22-12-10-20-36(38)37-21-11-13-23-39(37)40;1-27(41(47)48)21-37(43)36(22-28-13-5-3-6-14-28)42(2)40(46)30(23-38(44)49-25-29-15-7-4-8-16-29)24-39(45)50-26-35-33-19-11-9-17-31(33)32-18-10-12-20-34(32)35;1-2-4-6-5-3-1;;;/h3-4,6-13,16-23,32,35,40-41H,5,14-15,24-31H2,1-2H3;3-20,27,30,35-36H,21-26H2,1-2H3,(H,47,48);6H,1-5H2;3*1H4/t32-,35-,41+;27-,30-,36+;;;;/m11..../s1. The van der Waals surface area contributed by atoms with Gasteiger partial charge in [0.2, 0.25) is 17.7 Å². The molecule has 0 radical (unpaired) electrons. The topological polar surface area (TPSA) is 250 Å². The predicted molar refractivity (Wildman–Crippen MR) is 443 cm³/mol. The number of hydrogen-bond donors (Lipinski definition) is 2. The number of ketones is 2. The van der Waals surface area contributed by atoms with Crippen molar-refractivity contribution in [3.63, 3.8) is 0 Å². The number of fused-ring (bicyclic) bond motifs is 6. The number of likely N-dealkylation sites (tertiary alicyclic amines) is 1. The first-order valence-corrected chi connectivity index (χ1v) is 38.8. The van der Waals surface area contributed by atoms with Gasteiger partial charge < -0.3 is 44.1 Å². The van der Waals surface area contributed by atoms with Crippen LogP contribution in [0.1, 0.15) is 170 Å². The number of Topliss-reactive ketones (excluding diaryl/α,β-unsaturated/α-hetero) is 2. The number of carboxylic acids is 1. The van der Waals surface area contributed by atoms with Gasteiger partial charge in [0.25, 0.3) is 0 Å². The first kappa shape index (κ1) is 90.0. The minimum Gasteiger partial charge on any atom is -0.481 e. The van der Waals surface area contributed by atoms with Crippen molar-refractivity contribution in [2.24, 2.45) is 23.7 Å². The molecule has 4 aliphatic rings. The fourth-order valence-electron chi connectivity index (χ4n) is 15.0. The Hall–Kier alpha value is -11.2. The Morgan fingerprint density at radius 2 is 0.684 bits per heavy atom. The molecule has 2 aliphatic carbocycles. The minimum atomic E-state index is -1.19. The molecule has 604 valence electrons. The summed E-state index contributed by atoms with van der Waals surface area (Å²) < 4.78 is 22.7. The number of nitrogens with one attached hydrogen (secondary N) is 1. The Labute approximate surface area is 673 Å². The lowest BCUT2D eigenvalue weighted by atomic mass is 9.92. The molecule has 19 nitrogen and oxygen atoms in total. The van der Waals surface area contributed by atoms with Crippen LogP contribution in [0.3, 0.4) is 0 Å². The van der Waals surface area contributed by atoms with E-state index in [1.54, 1.807) is 31.2 Å². The highest BCUT2D eigenvalue weighted by Gasteiger charge is 2.40. The average Bonchev–Trinajstić information content (AvgIpc) is 1.62. The fourth-order valence-corrected chi connectivity index (χ4v) is 15.0. The zero-order valence-electron chi connectivity index (χ0n) is 64.0. The molecule has 3 amide bonds. The molecule has 19 heteroatoms. The van der Waals surface area contributed by atoms with E-state index in [9.17, 15) is 53.1 Å². The van der Waals surface area contributed by atoms with E-state index in [2.05, 4.69) is 17.4 Å². The van der Waals surface area contributed by atoms with E-state index in [1.807, 2.05) is 187 Å². The Kier molecular flexibility index (Phi) is 35.9. The van der Waals surface area contributed by atoms with E-state index in [-0.39, 0.29) is 111 Å². The van der Waals surface area contributed by atoms with Crippen LogP contribution in [0.25, 0.3) is 22.3 Å². The normalized spacial score (nSPS) is 14.6. The van der Waals surface area contributed by atoms with Crippen LogP contribution in [-0.2, 0) is 92.9 Å². The van der Waals surface area contributed by atoms with Gasteiger partial charge in [-0.1, -0.05) is 261 Å². The molecule has 0 bridgehead atoms. The number of piperidine rings is 2. The van der Waals surface area contributed by atoms with Gasteiger partial charge in [0.15, 0.2) is 11.6 Å². The Morgan fingerprint density at radius 3 is 1.00 bits per heavy atom. The van der Waals surface area contributed by atoms with E-state index in [0.717, 1.165) is 86.0 Å². The molecule has 114 heavy (non-hydrogen) atoms. The van der Waals surface area contributed by atoms with Crippen molar-refractivity contribution in [1.82, 2.24) is 20.0 Å². The summed E-state index contributed by atoms with van der Waals surface area (Å²) in [5, 5.41) is 12.8. The van der Waals surface area contributed by atoms with Crippen molar-refractivity contribution in [3.8, 4) is 22.3 Å². The third kappa shape index (κ3) is 25.4. The van der Waals surface area contributed by atoms with Crippen molar-refractivity contribution < 1.29 is 72.0 Å². The number of carbonyl (C=O) groups is 10. The second-order valence-electron chi connectivity index (χ2n) is 29.3. The molecule has 0 unspecified atom stereocenters. The Bertz CT molecular complexity index is 4350. The molecular weight excluding hydrogens is 1440 g/mol. The number of likely N-dealkylation sites (N-methyl/N-ethyl adjacent to an activating group) is 2. The number of hydrogen-bond acceptors (Lipinski definition) is 15. The van der Waals surface area contributed by atoms with Gasteiger partial charge >= 0.3 is 29.8 Å². The third-order valence-electron chi connectivity index (χ3n) is 21.2. The van der Waals surface area contributed by atoms with E-state index in [4.69, 9.17) is 18.9 Å². The lowest BCUT2D eigenvalue weighted by Gasteiger charge is -2.32. The highest BCUT2D eigenvalue weighted by atomic mass is 16.5. The summed E-state index contributed by atoms with van der Waals surface area (Å²) in [7, 11) is 2.98. The van der Waals surface area contributed by atoms with Crippen LogP contribution in [-0.4, -0.2) is 145 Å². The molecule has 2 fully saturated rings. The highest BCUT2D eigenvalue weighted by molar-refractivity contribution is 5.96. The van der Waals surface area contributed by atoms with Gasteiger partial charge in [-0.15, -0.1) is 0 Å². The van der Waals surface area contributed by atoms with E-state index >= 15 is 0 Å². The maximum absolute atomic E-state index is 14.5. The maximum Gasteiger partial charge on any atom is 0.306 e. The van der Waals surface area contributed by atoms with Crippen LogP contribution >= 0.6 is 0 Å². The number of benzene rings is 8. The van der Waals surface area contributed by atoms with Crippen LogP contribution < -0.4 is 5.32 Å². The quantitative estimate of drug-likeness (QED) is 0.0294. The summed E-state index contributed by atoms with van der Waals surface area (Å²) in [6.45, 7) is 7.18. The minimum absolute atomic E-state index is 0. The van der Waals surface area contributed by atoms with Gasteiger partial charge in [-0.2, -0.15) is 0 Å². The number of ether oxygens (including phenoxy) is 4. The van der Waals surface area contributed by atoms with Gasteiger partial charge in [-0.25, -0.2) is 0 Å². The molecule has 0 saturated carbocycles. The number of carboxylic acid groups (broad SMARTS) is 1. The van der Waals surface area contributed by atoms with Crippen LogP contribution in [0.2, 0.25) is 0 Å². The maximum atomic E-state index is 14.5. The van der Waals surface area contributed by atoms with E-state index in [0.29, 0.717) is 13.1 Å². The highest BCUT2D eigenvalue weighted by Crippen LogP contribution is 2.46.